The highest BCUT2D eigenvalue weighted by molar-refractivity contribution is 5.83. The van der Waals surface area contributed by atoms with Crippen molar-refractivity contribution in [1.29, 1.82) is 0 Å². The molecule has 4 heteroatoms. The average molecular weight is 731 g/mol. The van der Waals surface area contributed by atoms with Gasteiger partial charge >= 0.3 is 0 Å². The third kappa shape index (κ3) is 5.81. The van der Waals surface area contributed by atoms with Crippen molar-refractivity contribution in [2.24, 2.45) is 0 Å². The van der Waals surface area contributed by atoms with Gasteiger partial charge in [0, 0.05) is 39.3 Å². The molecular weight excluding hydrogens is 681 g/mol. The molecule has 4 nitrogen and oxygen atoms in total. The van der Waals surface area contributed by atoms with Gasteiger partial charge in [0.05, 0.1) is 5.69 Å². The van der Waals surface area contributed by atoms with Crippen LogP contribution in [0, 0.1) is 0 Å². The maximum atomic E-state index is 5.23. The number of hydrogen-bond acceptors (Lipinski definition) is 4. The van der Waals surface area contributed by atoms with Crippen LogP contribution in [0.4, 0.5) is 0 Å². The Kier molecular flexibility index (Phi) is 8.11. The molecule has 2 heterocycles. The van der Waals surface area contributed by atoms with Crippen molar-refractivity contribution < 1.29 is 0 Å². The van der Waals surface area contributed by atoms with Crippen LogP contribution in [0.2, 0.25) is 0 Å². The number of hydrogen-bond donors (Lipinski definition) is 0. The fourth-order valence-electron chi connectivity index (χ4n) is 9.75. The summed E-state index contributed by atoms with van der Waals surface area (Å²) < 4.78 is 0. The monoisotopic (exact) mass is 730 g/mol. The van der Waals surface area contributed by atoms with Crippen molar-refractivity contribution in [3.63, 3.8) is 0 Å². The van der Waals surface area contributed by atoms with E-state index in [1.165, 1.54) is 44.5 Å². The van der Waals surface area contributed by atoms with Gasteiger partial charge in [-0.15, -0.1) is 0 Å². The third-order valence-corrected chi connectivity index (χ3v) is 12.9. The third-order valence-electron chi connectivity index (χ3n) is 12.9. The Morgan fingerprint density at radius 1 is 0.518 bits per heavy atom. The molecule has 2 aromatic heterocycles. The Morgan fingerprint density at radius 3 is 1.86 bits per heavy atom. The zero-order chi connectivity index (χ0) is 39.2. The minimum absolute atomic E-state index is 0.117. The molecule has 9 rings (SSSR count). The molecule has 0 unspecified atom stereocenters. The van der Waals surface area contributed by atoms with E-state index in [4.69, 9.17) is 19.9 Å². The van der Waals surface area contributed by atoms with E-state index >= 15 is 0 Å². The summed E-state index contributed by atoms with van der Waals surface area (Å²) in [6.45, 7) is 23.0. The van der Waals surface area contributed by atoms with Gasteiger partial charge in [-0.1, -0.05) is 147 Å². The molecule has 0 saturated heterocycles. The molecule has 0 fully saturated rings. The van der Waals surface area contributed by atoms with Gasteiger partial charge in [-0.3, -0.25) is 4.98 Å². The number of nitrogens with zero attached hydrogens (tertiary/aromatic N) is 4. The summed E-state index contributed by atoms with van der Waals surface area (Å²) in [6.07, 6.45) is 12.4. The molecule has 0 atom stereocenters. The quantitative estimate of drug-likeness (QED) is 0.181. The standard InChI is InChI=1S/C52H50N4/c1-32-15-11-10-12-16-33-19-20-35(28-42(33)51(32,6)7)46-54-47(36-21-24-39-38-17-13-14-18-40(38)52(8,9)43(39)29-36)56-48(55-46)37-23-26-45(53-30-37)34-22-25-41-44(27-34)50(4,5)31-49(41,2)3/h10-15,17-30H,1,16,31H2,2-9H3/b12-10-,15-11-. The summed E-state index contributed by atoms with van der Waals surface area (Å²) in [5, 5.41) is 0. The van der Waals surface area contributed by atoms with Crippen LogP contribution in [0.15, 0.2) is 134 Å². The molecule has 56 heavy (non-hydrogen) atoms. The first-order valence-corrected chi connectivity index (χ1v) is 19.9. The van der Waals surface area contributed by atoms with Gasteiger partial charge in [0.15, 0.2) is 17.5 Å². The van der Waals surface area contributed by atoms with Crippen LogP contribution in [0.1, 0.15) is 95.2 Å². The van der Waals surface area contributed by atoms with E-state index in [2.05, 4.69) is 177 Å². The summed E-state index contributed by atoms with van der Waals surface area (Å²) in [5.74, 6) is 1.88. The molecule has 0 bridgehead atoms. The lowest BCUT2D eigenvalue weighted by Gasteiger charge is -2.29. The van der Waals surface area contributed by atoms with E-state index in [0.29, 0.717) is 17.5 Å². The number of fused-ring (bicyclic) bond motifs is 5. The number of rotatable bonds is 4. The van der Waals surface area contributed by atoms with Crippen molar-refractivity contribution in [1.82, 2.24) is 19.9 Å². The lowest BCUT2D eigenvalue weighted by atomic mass is 9.75. The van der Waals surface area contributed by atoms with Crippen LogP contribution < -0.4 is 0 Å². The summed E-state index contributed by atoms with van der Waals surface area (Å²) in [6, 6.07) is 33.1. The molecule has 4 aromatic carbocycles. The Bertz CT molecular complexity index is 2650. The van der Waals surface area contributed by atoms with Crippen LogP contribution >= 0.6 is 0 Å². The first-order chi connectivity index (χ1) is 26.6. The summed E-state index contributed by atoms with van der Waals surface area (Å²) in [7, 11) is 0. The minimum atomic E-state index is -0.282. The number of pyridine rings is 1. The van der Waals surface area contributed by atoms with Gasteiger partial charge in [0.1, 0.15) is 0 Å². The highest BCUT2D eigenvalue weighted by atomic mass is 15.0. The van der Waals surface area contributed by atoms with Crippen molar-refractivity contribution in [3.8, 4) is 56.5 Å². The Balaban J connectivity index is 1.17. The van der Waals surface area contributed by atoms with Crippen LogP contribution in [0.3, 0.4) is 0 Å². The second kappa shape index (κ2) is 12.6. The van der Waals surface area contributed by atoms with E-state index in [1.807, 2.05) is 6.20 Å². The molecule has 0 aliphatic heterocycles. The zero-order valence-electron chi connectivity index (χ0n) is 34.0. The maximum absolute atomic E-state index is 5.23. The van der Waals surface area contributed by atoms with Crippen LogP contribution in [0.25, 0.3) is 56.5 Å². The molecule has 0 radical (unpaired) electrons. The molecule has 0 spiro atoms. The van der Waals surface area contributed by atoms with Crippen molar-refractivity contribution >= 4 is 0 Å². The molecule has 3 aliphatic rings. The molecular formula is C52H50N4. The van der Waals surface area contributed by atoms with E-state index in [9.17, 15) is 0 Å². The highest BCUT2D eigenvalue weighted by Crippen LogP contribution is 2.51. The lowest BCUT2D eigenvalue weighted by Crippen LogP contribution is -2.21. The lowest BCUT2D eigenvalue weighted by molar-refractivity contribution is 0.403. The van der Waals surface area contributed by atoms with E-state index in [-0.39, 0.29) is 21.7 Å². The highest BCUT2D eigenvalue weighted by Gasteiger charge is 2.42. The number of aromatic nitrogens is 4. The van der Waals surface area contributed by atoms with Crippen molar-refractivity contribution in [2.75, 3.05) is 0 Å². The largest absolute Gasteiger partial charge is 0.255 e. The fraction of sp³-hybridized carbons (Fsp3) is 0.269. The van der Waals surface area contributed by atoms with Crippen LogP contribution in [-0.4, -0.2) is 19.9 Å². The molecule has 0 amide bonds. The van der Waals surface area contributed by atoms with Gasteiger partial charge in [-0.25, -0.2) is 15.0 Å². The van der Waals surface area contributed by atoms with Crippen LogP contribution in [-0.2, 0) is 28.1 Å². The van der Waals surface area contributed by atoms with E-state index < -0.39 is 0 Å². The van der Waals surface area contributed by atoms with E-state index in [1.54, 1.807) is 0 Å². The second-order valence-electron chi connectivity index (χ2n) is 18.4. The van der Waals surface area contributed by atoms with Gasteiger partial charge in [-0.2, -0.15) is 0 Å². The first-order valence-electron chi connectivity index (χ1n) is 19.9. The average Bonchev–Trinajstić information content (AvgIpc) is 3.55. The molecule has 278 valence electrons. The Hall–Kier alpha value is -5.74. The minimum Gasteiger partial charge on any atom is -0.255 e. The predicted octanol–water partition coefficient (Wildman–Crippen LogP) is 12.7. The zero-order valence-corrected chi connectivity index (χ0v) is 34.0. The fourth-order valence-corrected chi connectivity index (χ4v) is 9.75. The maximum Gasteiger partial charge on any atom is 0.165 e. The summed E-state index contributed by atoms with van der Waals surface area (Å²) in [4.78, 5) is 20.6. The Labute approximate surface area is 332 Å². The normalized spacial score (nSPS) is 19.1. The van der Waals surface area contributed by atoms with Gasteiger partial charge in [-0.05, 0) is 104 Å². The van der Waals surface area contributed by atoms with E-state index in [0.717, 1.165) is 46.4 Å². The molecule has 6 aromatic rings. The van der Waals surface area contributed by atoms with Crippen LogP contribution in [0.5, 0.6) is 0 Å². The SMILES string of the molecule is C=C1/C=C\C=C/Cc2ccc(-c3nc(-c4ccc(-c5ccc6c(c5)C(C)(C)CC6(C)C)nc4)nc(-c4ccc5c(c4)C(C)(C)c4ccccc4-5)n3)cc2C1(C)C. The van der Waals surface area contributed by atoms with Gasteiger partial charge < -0.3 is 0 Å². The van der Waals surface area contributed by atoms with Gasteiger partial charge in [0.2, 0.25) is 0 Å². The molecule has 0 N–H and O–H groups in total. The smallest absolute Gasteiger partial charge is 0.165 e. The first kappa shape index (κ1) is 35.9. The topological polar surface area (TPSA) is 51.6 Å². The molecule has 0 saturated carbocycles. The Morgan fingerprint density at radius 2 is 1.12 bits per heavy atom. The van der Waals surface area contributed by atoms with Gasteiger partial charge in [0.25, 0.3) is 0 Å². The molecule has 3 aliphatic carbocycles. The predicted molar refractivity (Wildman–Crippen MR) is 232 cm³/mol. The summed E-state index contributed by atoms with van der Waals surface area (Å²) >= 11 is 0. The number of allylic oxidation sites excluding steroid dienone is 5. The second-order valence-corrected chi connectivity index (χ2v) is 18.4. The number of benzene rings is 4. The van der Waals surface area contributed by atoms with Crippen molar-refractivity contribution in [3.05, 3.63) is 167 Å². The summed E-state index contributed by atoms with van der Waals surface area (Å²) in [5.41, 5.74) is 16.3. The van der Waals surface area contributed by atoms with Crippen molar-refractivity contribution in [2.45, 2.75) is 89.9 Å².